The molecule has 0 saturated heterocycles. The van der Waals surface area contributed by atoms with Crippen LogP contribution in [-0.4, -0.2) is 31.8 Å². The molecule has 0 unspecified atom stereocenters. The van der Waals surface area contributed by atoms with Crippen molar-refractivity contribution in [2.45, 2.75) is 6.43 Å². The predicted octanol–water partition coefficient (Wildman–Crippen LogP) is 3.60. The van der Waals surface area contributed by atoms with E-state index in [1.54, 1.807) is 6.08 Å². The van der Waals surface area contributed by atoms with Gasteiger partial charge in [-0.1, -0.05) is 17.8 Å². The summed E-state index contributed by atoms with van der Waals surface area (Å²) in [5, 5.41) is 0. The molecule has 0 fully saturated rings. The van der Waals surface area contributed by atoms with Crippen molar-refractivity contribution < 1.29 is 55.4 Å². The topological polar surface area (TPSA) is 21.7 Å². The monoisotopic (exact) mass is 399 g/mol. The van der Waals surface area contributed by atoms with E-state index in [1.807, 2.05) is 0 Å². The summed E-state index contributed by atoms with van der Waals surface area (Å²) in [7, 11) is 1.45. The van der Waals surface area contributed by atoms with E-state index in [9.17, 15) is 13.2 Å². The van der Waals surface area contributed by atoms with Crippen LogP contribution in [0.1, 0.15) is 5.56 Å². The van der Waals surface area contributed by atoms with Crippen LogP contribution in [0.15, 0.2) is 42.6 Å². The Morgan fingerprint density at radius 3 is 2.70 bits per heavy atom. The molecule has 0 bridgehead atoms. The van der Waals surface area contributed by atoms with Crippen molar-refractivity contribution in [3.63, 3.8) is 0 Å². The molecule has 3 nitrogen and oxygen atoms in total. The Kier molecular flexibility index (Phi) is 8.02. The Bertz CT molecular complexity index is 617. The molecule has 0 amide bonds. The molecule has 1 aromatic carbocycles. The molecule has 1 heterocycles. The van der Waals surface area contributed by atoms with Gasteiger partial charge in [-0.25, -0.2) is 13.2 Å². The minimum absolute atomic E-state index is 0. The third kappa shape index (κ3) is 5.19. The maximum absolute atomic E-state index is 14.3. The van der Waals surface area contributed by atoms with Crippen molar-refractivity contribution in [2.75, 3.05) is 20.4 Å². The van der Waals surface area contributed by atoms with Gasteiger partial charge in [0.15, 0.2) is 6.79 Å². The van der Waals surface area contributed by atoms with Crippen LogP contribution >= 0.6 is 0 Å². The van der Waals surface area contributed by atoms with Crippen LogP contribution in [0, 0.1) is 11.9 Å². The quantitative estimate of drug-likeness (QED) is 0.539. The van der Waals surface area contributed by atoms with E-state index in [2.05, 4.69) is 12.7 Å². The minimum Gasteiger partial charge on any atom is -0.468 e. The second-order valence-corrected chi connectivity index (χ2v) is 4.51. The molecule has 23 heavy (non-hydrogen) atoms. The van der Waals surface area contributed by atoms with Crippen LogP contribution in [-0.2, 0) is 37.4 Å². The summed E-state index contributed by atoms with van der Waals surface area (Å²) in [5.74, 6) is -0.312. The first-order chi connectivity index (χ1) is 10.5. The second-order valence-electron chi connectivity index (χ2n) is 4.51. The van der Waals surface area contributed by atoms with Crippen LogP contribution in [0.2, 0.25) is 0 Å². The van der Waals surface area contributed by atoms with Crippen LogP contribution in [0.3, 0.4) is 0 Å². The number of allylic oxidation sites excluding steroid dienone is 3. The van der Waals surface area contributed by atoms with Gasteiger partial charge in [-0.2, -0.15) is 12.2 Å². The van der Waals surface area contributed by atoms with Gasteiger partial charge in [0.2, 0.25) is 0 Å². The largest absolute Gasteiger partial charge is 0.468 e. The van der Waals surface area contributed by atoms with Crippen molar-refractivity contribution in [3.05, 3.63) is 60.1 Å². The van der Waals surface area contributed by atoms with Gasteiger partial charge in [0, 0.05) is 45.9 Å². The first kappa shape index (κ1) is 19.9. The van der Waals surface area contributed by atoms with Gasteiger partial charge in [0.05, 0.1) is 12.4 Å². The van der Waals surface area contributed by atoms with E-state index in [0.717, 1.165) is 0 Å². The van der Waals surface area contributed by atoms with E-state index >= 15 is 0 Å². The molecule has 0 saturated carbocycles. The zero-order valence-electron chi connectivity index (χ0n) is 12.6. The number of hydrogen-bond acceptors (Lipinski definition) is 3. The van der Waals surface area contributed by atoms with E-state index < -0.39 is 18.8 Å². The van der Waals surface area contributed by atoms with Gasteiger partial charge in [-0.3, -0.25) is 0 Å². The molecule has 7 heteroatoms. The maximum Gasteiger partial charge on any atom is 0.256 e. The van der Waals surface area contributed by atoms with Crippen LogP contribution in [0.25, 0.3) is 5.70 Å². The third-order valence-corrected chi connectivity index (χ3v) is 2.97. The Morgan fingerprint density at radius 1 is 1.35 bits per heavy atom. The SMILES string of the molecule is C=C1C=C[C-]=C(c2ccc(OCOC)cc2F)N1CC(F)F.[Y]. The molecule has 1 aromatic rings. The summed E-state index contributed by atoms with van der Waals surface area (Å²) in [4.78, 5) is 1.23. The van der Waals surface area contributed by atoms with Gasteiger partial charge in [-0.15, -0.1) is 12.1 Å². The predicted molar refractivity (Wildman–Crippen MR) is 76.5 cm³/mol. The molecular formula is C16H15F3NO2Y-. The Hall–Kier alpha value is -1.11. The zero-order chi connectivity index (χ0) is 16.1. The molecular weight excluding hydrogens is 384 g/mol. The van der Waals surface area contributed by atoms with Crippen molar-refractivity contribution in [1.29, 1.82) is 0 Å². The molecule has 1 aliphatic heterocycles. The van der Waals surface area contributed by atoms with Gasteiger partial charge in [-0.05, 0) is 11.8 Å². The minimum atomic E-state index is -2.58. The van der Waals surface area contributed by atoms with Crippen LogP contribution in [0.4, 0.5) is 13.2 Å². The number of hydrogen-bond donors (Lipinski definition) is 0. The first-order valence-electron chi connectivity index (χ1n) is 6.49. The molecule has 121 valence electrons. The summed E-state index contributed by atoms with van der Waals surface area (Å²) in [5.41, 5.74) is 0.715. The normalized spacial score (nSPS) is 13.9. The smallest absolute Gasteiger partial charge is 0.256 e. The van der Waals surface area contributed by atoms with Gasteiger partial charge < -0.3 is 14.4 Å². The number of alkyl halides is 2. The molecule has 0 spiro atoms. The molecule has 0 N–H and O–H groups in total. The molecule has 0 aliphatic carbocycles. The maximum atomic E-state index is 14.3. The number of rotatable bonds is 6. The number of nitrogens with zero attached hydrogens (tertiary/aromatic N) is 1. The van der Waals surface area contributed by atoms with Gasteiger partial charge in [0.25, 0.3) is 6.43 Å². The van der Waals surface area contributed by atoms with E-state index in [4.69, 9.17) is 9.47 Å². The number of methoxy groups -OCH3 is 1. The Morgan fingerprint density at radius 2 is 2.09 bits per heavy atom. The molecule has 0 atom stereocenters. The Balaban J connectivity index is 0.00000264. The van der Waals surface area contributed by atoms with Gasteiger partial charge in [0.1, 0.15) is 5.75 Å². The molecule has 1 aliphatic rings. The van der Waals surface area contributed by atoms with E-state index in [1.165, 1.54) is 36.3 Å². The van der Waals surface area contributed by atoms with Crippen LogP contribution < -0.4 is 4.74 Å². The van der Waals surface area contributed by atoms with Crippen molar-refractivity contribution in [1.82, 2.24) is 4.90 Å². The van der Waals surface area contributed by atoms with Crippen molar-refractivity contribution in [2.24, 2.45) is 0 Å². The fraction of sp³-hybridized carbons (Fsp3) is 0.250. The third-order valence-electron chi connectivity index (χ3n) is 2.97. The summed E-state index contributed by atoms with van der Waals surface area (Å²) >= 11 is 0. The zero-order valence-corrected chi connectivity index (χ0v) is 15.4. The average Bonchev–Trinajstić information content (AvgIpc) is 2.47. The number of ether oxygens (including phenoxy) is 2. The fourth-order valence-electron chi connectivity index (χ4n) is 2.00. The second kappa shape index (κ2) is 9.25. The standard InChI is InChI=1S/C16H15F3NO2.Y/c1-11-4-3-5-15(20(11)9-16(18)19)13-7-6-12(8-14(13)17)22-10-21-2;/h3-4,6-8,16H,1,9-10H2,2H3;/q-1;. The summed E-state index contributed by atoms with van der Waals surface area (Å²) in [6.45, 7) is 3.11. The van der Waals surface area contributed by atoms with Crippen molar-refractivity contribution >= 4 is 5.70 Å². The van der Waals surface area contributed by atoms with E-state index in [-0.39, 0.29) is 56.5 Å². The van der Waals surface area contributed by atoms with E-state index in [0.29, 0.717) is 5.70 Å². The van der Waals surface area contributed by atoms with Crippen LogP contribution in [0.5, 0.6) is 5.75 Å². The number of halogens is 3. The number of benzene rings is 1. The average molecular weight is 399 g/mol. The Labute approximate surface area is 158 Å². The fourth-order valence-corrected chi connectivity index (χ4v) is 2.00. The molecule has 0 aromatic heterocycles. The van der Waals surface area contributed by atoms with Crippen molar-refractivity contribution in [3.8, 4) is 5.75 Å². The summed E-state index contributed by atoms with van der Waals surface area (Å²) < 4.78 is 49.5. The molecule has 2 rings (SSSR count). The summed E-state index contributed by atoms with van der Waals surface area (Å²) in [6, 6.07) is 4.16. The molecule has 1 radical (unpaired) electrons. The summed E-state index contributed by atoms with van der Waals surface area (Å²) in [6.07, 6.45) is 3.27. The first-order valence-corrected chi connectivity index (χ1v) is 6.49. The van der Waals surface area contributed by atoms with Gasteiger partial charge >= 0.3 is 0 Å².